The summed E-state index contributed by atoms with van der Waals surface area (Å²) in [5.74, 6) is 1.81. The van der Waals surface area contributed by atoms with Crippen LogP contribution < -0.4 is 0 Å². The zero-order valence-electron chi connectivity index (χ0n) is 30.3. The minimum absolute atomic E-state index is 0.567. The molecule has 0 fully saturated rings. The highest BCUT2D eigenvalue weighted by Crippen LogP contribution is 2.43. The molecule has 0 N–H and O–H groups in total. The molecule has 262 valence electrons. The van der Waals surface area contributed by atoms with Crippen LogP contribution in [0.5, 0.6) is 0 Å². The Bertz CT molecular complexity index is 3160. The van der Waals surface area contributed by atoms with Gasteiger partial charge in [0.25, 0.3) is 0 Å². The second kappa shape index (κ2) is 13.0. The summed E-state index contributed by atoms with van der Waals surface area (Å²) in [7, 11) is 0. The molecule has 0 saturated carbocycles. The van der Waals surface area contributed by atoms with Crippen molar-refractivity contribution in [3.8, 4) is 56.7 Å². The number of fused-ring (bicyclic) bond motifs is 7. The van der Waals surface area contributed by atoms with Gasteiger partial charge in [-0.2, -0.15) is 9.97 Å². The van der Waals surface area contributed by atoms with Crippen molar-refractivity contribution in [1.82, 2.24) is 24.1 Å². The summed E-state index contributed by atoms with van der Waals surface area (Å²) in [6, 6.07) is 70.4. The maximum atomic E-state index is 5.27. The van der Waals surface area contributed by atoms with Crippen molar-refractivity contribution in [2.45, 2.75) is 0 Å². The monoisotopic (exact) mass is 715 g/mol. The van der Waals surface area contributed by atoms with E-state index in [2.05, 4.69) is 173 Å². The SMILES string of the molecule is c1ccc(-c2nc(-c3ccccc3)nc(-n3c4ccccc4c4ccc5c6ccccc6n(-c6ccc(-c7ccccc7)c(-c7ccccc7)c6)c5c43)n2)cc1. The molecule has 0 aliphatic carbocycles. The first kappa shape index (κ1) is 31.9. The molecule has 0 bridgehead atoms. The van der Waals surface area contributed by atoms with Gasteiger partial charge in [-0.05, 0) is 46.5 Å². The summed E-state index contributed by atoms with van der Waals surface area (Å²) in [6.45, 7) is 0. The lowest BCUT2D eigenvalue weighted by atomic mass is 9.94. The normalized spacial score (nSPS) is 11.6. The second-order valence-corrected chi connectivity index (χ2v) is 14.0. The van der Waals surface area contributed by atoms with Crippen LogP contribution in [0.1, 0.15) is 0 Å². The molecule has 11 aromatic rings. The van der Waals surface area contributed by atoms with Crippen molar-refractivity contribution >= 4 is 43.6 Å². The van der Waals surface area contributed by atoms with E-state index in [9.17, 15) is 0 Å². The van der Waals surface area contributed by atoms with E-state index in [4.69, 9.17) is 15.0 Å². The third-order valence-corrected chi connectivity index (χ3v) is 10.8. The third-order valence-electron chi connectivity index (χ3n) is 10.8. The maximum Gasteiger partial charge on any atom is 0.238 e. The van der Waals surface area contributed by atoms with E-state index in [0.29, 0.717) is 17.6 Å². The van der Waals surface area contributed by atoms with Gasteiger partial charge in [0.15, 0.2) is 11.6 Å². The number of rotatable bonds is 6. The van der Waals surface area contributed by atoms with Gasteiger partial charge in [0.1, 0.15) is 0 Å². The molecule has 0 amide bonds. The number of para-hydroxylation sites is 2. The van der Waals surface area contributed by atoms with Crippen LogP contribution >= 0.6 is 0 Å². The Morgan fingerprint density at radius 1 is 0.304 bits per heavy atom. The molecule has 5 nitrogen and oxygen atoms in total. The molecule has 0 unspecified atom stereocenters. The Balaban J connectivity index is 1.27. The largest absolute Gasteiger partial charge is 0.307 e. The van der Waals surface area contributed by atoms with Crippen LogP contribution in [0.3, 0.4) is 0 Å². The van der Waals surface area contributed by atoms with Gasteiger partial charge in [0.05, 0.1) is 22.1 Å². The fraction of sp³-hybridized carbons (Fsp3) is 0. The standard InChI is InChI=1S/C51H33N5/c1-5-17-34(18-6-1)39-30-29-38(33-44(39)35-19-7-2-8-20-35)55-45-27-15-13-25-40(45)42-31-32-43-41-26-14-16-28-46(41)56(48(43)47(42)55)51-53-49(36-21-9-3-10-22-36)52-50(54-51)37-23-11-4-12-24-37/h1-33H. The molecule has 0 aliphatic heterocycles. The Morgan fingerprint density at radius 3 is 1.27 bits per heavy atom. The van der Waals surface area contributed by atoms with E-state index < -0.39 is 0 Å². The maximum absolute atomic E-state index is 5.27. The van der Waals surface area contributed by atoms with Crippen molar-refractivity contribution in [3.63, 3.8) is 0 Å². The quantitative estimate of drug-likeness (QED) is 0.172. The predicted molar refractivity (Wildman–Crippen MR) is 230 cm³/mol. The van der Waals surface area contributed by atoms with Crippen molar-refractivity contribution in [1.29, 1.82) is 0 Å². The Morgan fingerprint density at radius 2 is 0.732 bits per heavy atom. The predicted octanol–water partition coefficient (Wildman–Crippen LogP) is 12.7. The van der Waals surface area contributed by atoms with E-state index in [0.717, 1.165) is 55.0 Å². The molecule has 5 heteroatoms. The van der Waals surface area contributed by atoms with E-state index in [1.165, 1.54) is 27.6 Å². The molecule has 3 aromatic heterocycles. The number of benzene rings is 8. The number of aromatic nitrogens is 5. The fourth-order valence-electron chi connectivity index (χ4n) is 8.27. The minimum atomic E-state index is 0.567. The van der Waals surface area contributed by atoms with E-state index in [-0.39, 0.29) is 0 Å². The molecule has 3 heterocycles. The minimum Gasteiger partial charge on any atom is -0.307 e. The smallest absolute Gasteiger partial charge is 0.238 e. The molecule has 0 saturated heterocycles. The van der Waals surface area contributed by atoms with Crippen molar-refractivity contribution in [3.05, 3.63) is 200 Å². The van der Waals surface area contributed by atoms with Gasteiger partial charge in [-0.3, -0.25) is 4.57 Å². The van der Waals surface area contributed by atoms with Gasteiger partial charge in [-0.15, -0.1) is 0 Å². The van der Waals surface area contributed by atoms with Crippen LogP contribution in [0.4, 0.5) is 0 Å². The van der Waals surface area contributed by atoms with Crippen molar-refractivity contribution in [2.75, 3.05) is 0 Å². The molecule has 56 heavy (non-hydrogen) atoms. The van der Waals surface area contributed by atoms with Gasteiger partial charge >= 0.3 is 0 Å². The Hall–Kier alpha value is -7.63. The van der Waals surface area contributed by atoms with Crippen LogP contribution in [0.25, 0.3) is 100 Å². The molecular formula is C51H33N5. The lowest BCUT2D eigenvalue weighted by Crippen LogP contribution is -2.07. The molecule has 0 atom stereocenters. The zero-order valence-corrected chi connectivity index (χ0v) is 30.3. The van der Waals surface area contributed by atoms with Gasteiger partial charge in [0, 0.05) is 38.4 Å². The first-order valence-corrected chi connectivity index (χ1v) is 18.9. The van der Waals surface area contributed by atoms with E-state index >= 15 is 0 Å². The summed E-state index contributed by atoms with van der Waals surface area (Å²) < 4.78 is 4.68. The Labute approximate surface area is 323 Å². The average molecular weight is 716 g/mol. The summed E-state index contributed by atoms with van der Waals surface area (Å²) in [5.41, 5.74) is 11.9. The van der Waals surface area contributed by atoms with Gasteiger partial charge in [-0.25, -0.2) is 4.98 Å². The third kappa shape index (κ3) is 5.13. The Kier molecular flexibility index (Phi) is 7.42. The molecular weight excluding hydrogens is 683 g/mol. The van der Waals surface area contributed by atoms with Gasteiger partial charge in [0.2, 0.25) is 5.95 Å². The molecule has 8 aromatic carbocycles. The highest BCUT2D eigenvalue weighted by Gasteiger charge is 2.24. The van der Waals surface area contributed by atoms with Crippen molar-refractivity contribution in [2.24, 2.45) is 0 Å². The van der Waals surface area contributed by atoms with Crippen LogP contribution in [0, 0.1) is 0 Å². The summed E-state index contributed by atoms with van der Waals surface area (Å²) >= 11 is 0. The second-order valence-electron chi connectivity index (χ2n) is 14.0. The summed E-state index contributed by atoms with van der Waals surface area (Å²) in [6.07, 6.45) is 0. The number of hydrogen-bond donors (Lipinski definition) is 0. The number of nitrogens with zero attached hydrogens (tertiary/aromatic N) is 5. The highest BCUT2D eigenvalue weighted by atomic mass is 15.2. The topological polar surface area (TPSA) is 48.5 Å². The van der Waals surface area contributed by atoms with E-state index in [1.807, 2.05) is 36.4 Å². The van der Waals surface area contributed by atoms with Gasteiger partial charge < -0.3 is 4.57 Å². The van der Waals surface area contributed by atoms with E-state index in [1.54, 1.807) is 0 Å². The lowest BCUT2D eigenvalue weighted by Gasteiger charge is -2.16. The molecule has 0 radical (unpaired) electrons. The zero-order chi connectivity index (χ0) is 37.0. The van der Waals surface area contributed by atoms with Crippen molar-refractivity contribution < 1.29 is 0 Å². The molecule has 11 rings (SSSR count). The highest BCUT2D eigenvalue weighted by molar-refractivity contribution is 6.23. The lowest BCUT2D eigenvalue weighted by molar-refractivity contribution is 0.953. The van der Waals surface area contributed by atoms with Crippen LogP contribution in [-0.2, 0) is 0 Å². The summed E-state index contributed by atoms with van der Waals surface area (Å²) in [4.78, 5) is 15.6. The molecule has 0 spiro atoms. The summed E-state index contributed by atoms with van der Waals surface area (Å²) in [5, 5.41) is 4.60. The molecule has 0 aliphatic rings. The average Bonchev–Trinajstić information content (AvgIpc) is 3.80. The number of hydrogen-bond acceptors (Lipinski definition) is 3. The van der Waals surface area contributed by atoms with Gasteiger partial charge in [-0.1, -0.05) is 176 Å². The van der Waals surface area contributed by atoms with Crippen LogP contribution in [0.2, 0.25) is 0 Å². The van der Waals surface area contributed by atoms with Crippen LogP contribution in [-0.4, -0.2) is 24.1 Å². The first-order valence-electron chi connectivity index (χ1n) is 18.9. The van der Waals surface area contributed by atoms with Crippen LogP contribution in [0.15, 0.2) is 200 Å². The first-order chi connectivity index (χ1) is 27.8. The fourth-order valence-corrected chi connectivity index (χ4v) is 8.27.